The van der Waals surface area contributed by atoms with Crippen LogP contribution in [0.3, 0.4) is 0 Å². The topological polar surface area (TPSA) is 66.4 Å². The van der Waals surface area contributed by atoms with Gasteiger partial charge in [-0.3, -0.25) is 4.55 Å². The van der Waals surface area contributed by atoms with Crippen LogP contribution < -0.4 is 5.32 Å². The third-order valence-corrected chi connectivity index (χ3v) is 2.99. The summed E-state index contributed by atoms with van der Waals surface area (Å²) in [7, 11) is -3.78. The number of rotatable bonds is 7. The predicted octanol–water partition coefficient (Wildman–Crippen LogP) is 1.51. The van der Waals surface area contributed by atoms with E-state index in [1.54, 1.807) is 0 Å². The van der Waals surface area contributed by atoms with Gasteiger partial charge < -0.3 is 5.32 Å². The van der Waals surface area contributed by atoms with E-state index >= 15 is 0 Å². The van der Waals surface area contributed by atoms with E-state index in [1.165, 1.54) is 0 Å². The zero-order chi connectivity index (χ0) is 11.9. The SMILES string of the molecule is O=S(=O)(O)CCCCCNc1ccccc1.[NaH]. The molecule has 0 saturated carbocycles. The molecule has 92 valence electrons. The van der Waals surface area contributed by atoms with Gasteiger partial charge in [0.15, 0.2) is 0 Å². The predicted molar refractivity (Wildman–Crippen MR) is 72.3 cm³/mol. The first-order chi connectivity index (χ1) is 7.58. The summed E-state index contributed by atoms with van der Waals surface area (Å²) in [5.74, 6) is -0.141. The zero-order valence-corrected chi connectivity index (χ0v) is 9.91. The Kier molecular flexibility index (Phi) is 8.90. The first kappa shape index (κ1) is 16.9. The molecule has 0 amide bonds. The molecule has 1 aromatic rings. The number of nitrogens with one attached hydrogen (secondary N) is 1. The van der Waals surface area contributed by atoms with Crippen LogP contribution in [0.2, 0.25) is 0 Å². The summed E-state index contributed by atoms with van der Waals surface area (Å²) >= 11 is 0. The van der Waals surface area contributed by atoms with E-state index in [2.05, 4.69) is 5.32 Å². The van der Waals surface area contributed by atoms with Crippen LogP contribution in [-0.2, 0) is 10.1 Å². The molecule has 0 saturated heterocycles. The maximum absolute atomic E-state index is 10.4. The van der Waals surface area contributed by atoms with Crippen LogP contribution in [0.5, 0.6) is 0 Å². The molecule has 1 aromatic carbocycles. The molecule has 0 heterocycles. The standard InChI is InChI=1S/C11H17NO3S.Na.H/c13-16(14,15)10-6-2-5-9-12-11-7-3-1-4-8-11;;/h1,3-4,7-8,12H,2,5-6,9-10H2,(H,13,14,15);;. The minimum atomic E-state index is -3.78. The molecule has 0 fully saturated rings. The van der Waals surface area contributed by atoms with Gasteiger partial charge in [0.05, 0.1) is 5.75 Å². The second-order valence-corrected chi connectivity index (χ2v) is 5.21. The molecule has 0 aliphatic rings. The Bertz CT molecular complexity index is 394. The van der Waals surface area contributed by atoms with Crippen molar-refractivity contribution in [3.05, 3.63) is 30.3 Å². The molecule has 0 aliphatic carbocycles. The van der Waals surface area contributed by atoms with Crippen molar-refractivity contribution in [3.63, 3.8) is 0 Å². The first-order valence-corrected chi connectivity index (χ1v) is 6.93. The second-order valence-electron chi connectivity index (χ2n) is 3.64. The van der Waals surface area contributed by atoms with Crippen molar-refractivity contribution in [3.8, 4) is 0 Å². The summed E-state index contributed by atoms with van der Waals surface area (Å²) in [5, 5.41) is 3.23. The van der Waals surface area contributed by atoms with Gasteiger partial charge in [-0.05, 0) is 25.0 Å². The fourth-order valence-electron chi connectivity index (χ4n) is 1.37. The third kappa shape index (κ3) is 9.62. The van der Waals surface area contributed by atoms with E-state index in [0.29, 0.717) is 6.42 Å². The summed E-state index contributed by atoms with van der Waals surface area (Å²) in [6.07, 6.45) is 2.19. The van der Waals surface area contributed by atoms with Crippen molar-refractivity contribution >= 4 is 45.4 Å². The van der Waals surface area contributed by atoms with Crippen LogP contribution in [0.1, 0.15) is 19.3 Å². The van der Waals surface area contributed by atoms with Gasteiger partial charge in [-0.25, -0.2) is 0 Å². The van der Waals surface area contributed by atoms with E-state index in [1.807, 2.05) is 30.3 Å². The zero-order valence-electron chi connectivity index (χ0n) is 9.09. The van der Waals surface area contributed by atoms with Gasteiger partial charge >= 0.3 is 29.6 Å². The van der Waals surface area contributed by atoms with Gasteiger partial charge in [-0.2, -0.15) is 8.42 Å². The number of benzene rings is 1. The normalized spacial score (nSPS) is 10.6. The molecule has 0 unspecified atom stereocenters. The summed E-state index contributed by atoms with van der Waals surface area (Å²) in [6.45, 7) is 0.815. The molecule has 17 heavy (non-hydrogen) atoms. The Hall–Kier alpha value is -0.0700. The number of anilines is 1. The quantitative estimate of drug-likeness (QED) is 0.446. The summed E-state index contributed by atoms with van der Waals surface area (Å²) in [6, 6.07) is 9.84. The number of para-hydroxylation sites is 1. The van der Waals surface area contributed by atoms with Crippen molar-refractivity contribution in [2.45, 2.75) is 19.3 Å². The monoisotopic (exact) mass is 267 g/mol. The first-order valence-electron chi connectivity index (χ1n) is 5.32. The van der Waals surface area contributed by atoms with Crippen molar-refractivity contribution in [2.75, 3.05) is 17.6 Å². The molecule has 6 heteroatoms. The van der Waals surface area contributed by atoms with Gasteiger partial charge in [-0.1, -0.05) is 24.6 Å². The van der Waals surface area contributed by atoms with Gasteiger partial charge in [0.25, 0.3) is 10.1 Å². The Morgan fingerprint density at radius 1 is 1.06 bits per heavy atom. The molecule has 0 atom stereocenters. The molecule has 1 rings (SSSR count). The van der Waals surface area contributed by atoms with Crippen molar-refractivity contribution in [1.82, 2.24) is 0 Å². The van der Waals surface area contributed by atoms with Crippen LogP contribution in [0, 0.1) is 0 Å². The Labute approximate surface area is 125 Å². The Balaban J connectivity index is 0.00000256. The van der Waals surface area contributed by atoms with Crippen molar-refractivity contribution < 1.29 is 13.0 Å². The molecule has 0 spiro atoms. The molecule has 0 aliphatic heterocycles. The van der Waals surface area contributed by atoms with Gasteiger partial charge in [0, 0.05) is 12.2 Å². The molecule has 4 nitrogen and oxygen atoms in total. The van der Waals surface area contributed by atoms with Gasteiger partial charge in [0.2, 0.25) is 0 Å². The average molecular weight is 267 g/mol. The van der Waals surface area contributed by atoms with Crippen LogP contribution in [0.25, 0.3) is 0 Å². The second kappa shape index (κ2) is 8.94. The maximum atomic E-state index is 10.4. The van der Waals surface area contributed by atoms with Gasteiger partial charge in [0.1, 0.15) is 0 Å². The number of hydrogen-bond acceptors (Lipinski definition) is 3. The molecule has 0 aromatic heterocycles. The van der Waals surface area contributed by atoms with Crippen molar-refractivity contribution in [1.29, 1.82) is 0 Å². The fraction of sp³-hybridized carbons (Fsp3) is 0.455. The van der Waals surface area contributed by atoms with E-state index in [0.717, 1.165) is 25.1 Å². The van der Waals surface area contributed by atoms with E-state index < -0.39 is 10.1 Å². The van der Waals surface area contributed by atoms with Crippen molar-refractivity contribution in [2.24, 2.45) is 0 Å². The molecule has 0 bridgehead atoms. The van der Waals surface area contributed by atoms with Crippen LogP contribution in [0.4, 0.5) is 5.69 Å². The molecule has 0 radical (unpaired) electrons. The third-order valence-electron chi connectivity index (χ3n) is 2.18. The van der Waals surface area contributed by atoms with E-state index in [9.17, 15) is 8.42 Å². The average Bonchev–Trinajstić information content (AvgIpc) is 2.23. The fourth-order valence-corrected chi connectivity index (χ4v) is 1.94. The summed E-state index contributed by atoms with van der Waals surface area (Å²) < 4.78 is 29.4. The van der Waals surface area contributed by atoms with Crippen LogP contribution in [-0.4, -0.2) is 54.8 Å². The van der Waals surface area contributed by atoms with E-state index in [-0.39, 0.29) is 35.3 Å². The Morgan fingerprint density at radius 2 is 1.71 bits per heavy atom. The summed E-state index contributed by atoms with van der Waals surface area (Å²) in [5.41, 5.74) is 1.07. The summed E-state index contributed by atoms with van der Waals surface area (Å²) in [4.78, 5) is 0. The minimum absolute atomic E-state index is 0. The number of hydrogen-bond donors (Lipinski definition) is 2. The van der Waals surface area contributed by atoms with Crippen LogP contribution >= 0.6 is 0 Å². The number of unbranched alkanes of at least 4 members (excludes halogenated alkanes) is 2. The van der Waals surface area contributed by atoms with Gasteiger partial charge in [-0.15, -0.1) is 0 Å². The molecular weight excluding hydrogens is 249 g/mol. The van der Waals surface area contributed by atoms with Crippen LogP contribution in [0.15, 0.2) is 30.3 Å². The molecular formula is C11H18NNaO3S. The molecule has 2 N–H and O–H groups in total. The van der Waals surface area contributed by atoms with E-state index in [4.69, 9.17) is 4.55 Å². The Morgan fingerprint density at radius 3 is 2.29 bits per heavy atom.